The van der Waals surface area contributed by atoms with Gasteiger partial charge in [0.1, 0.15) is 5.75 Å². The highest BCUT2D eigenvalue weighted by Gasteiger charge is 2.36. The predicted molar refractivity (Wildman–Crippen MR) is 265 cm³/mol. The number of para-hydroxylation sites is 1. The van der Waals surface area contributed by atoms with Crippen molar-refractivity contribution in [3.63, 3.8) is 0 Å². The van der Waals surface area contributed by atoms with E-state index in [9.17, 15) is 0 Å². The average Bonchev–Trinajstić information content (AvgIpc) is 3.36. The quantitative estimate of drug-likeness (QED) is 0.140. The average molecular weight is 837 g/mol. The molecule has 0 fully saturated rings. The molecule has 0 aliphatic heterocycles. The zero-order valence-corrected chi connectivity index (χ0v) is 37.1. The van der Waals surface area contributed by atoms with Crippen molar-refractivity contribution >= 4 is 35.7 Å². The third kappa shape index (κ3) is 7.49. The molecule has 0 saturated heterocycles. The number of anilines is 2. The van der Waals surface area contributed by atoms with Crippen molar-refractivity contribution in [1.29, 1.82) is 0 Å². The molecular formula is C60H56N2O2. The molecule has 5 aromatic carbocycles. The van der Waals surface area contributed by atoms with Crippen LogP contribution in [0.1, 0.15) is 99.6 Å². The fourth-order valence-corrected chi connectivity index (χ4v) is 11.3. The van der Waals surface area contributed by atoms with Crippen molar-refractivity contribution < 1.29 is 9.47 Å². The van der Waals surface area contributed by atoms with E-state index in [0.29, 0.717) is 0 Å². The van der Waals surface area contributed by atoms with E-state index in [1.54, 1.807) is 7.11 Å². The highest BCUT2D eigenvalue weighted by Crippen LogP contribution is 2.50. The van der Waals surface area contributed by atoms with Gasteiger partial charge in [-0.15, -0.1) is 0 Å². The number of hydrogen-bond acceptors (Lipinski definition) is 4. The molecule has 5 aromatic rings. The monoisotopic (exact) mass is 836 g/mol. The van der Waals surface area contributed by atoms with Gasteiger partial charge in [0.25, 0.3) is 0 Å². The third-order valence-corrected chi connectivity index (χ3v) is 14.3. The Bertz CT molecular complexity index is 2870. The van der Waals surface area contributed by atoms with Crippen molar-refractivity contribution in [2.75, 3.05) is 19.1 Å². The Hall–Kier alpha value is -6.78. The van der Waals surface area contributed by atoms with Gasteiger partial charge in [-0.3, -0.25) is 0 Å². The van der Waals surface area contributed by atoms with Gasteiger partial charge in [-0.1, -0.05) is 121 Å². The van der Waals surface area contributed by atoms with E-state index in [4.69, 9.17) is 9.47 Å². The Morgan fingerprint density at radius 3 is 1.86 bits per heavy atom. The van der Waals surface area contributed by atoms with Gasteiger partial charge in [-0.25, -0.2) is 0 Å². The van der Waals surface area contributed by atoms with Crippen LogP contribution in [0.3, 0.4) is 0 Å². The van der Waals surface area contributed by atoms with Gasteiger partial charge in [-0.05, 0) is 156 Å². The SMILES string of the molecule is COC1=CC=CC(N(C2=CCCC=C2)C2=Cc3c(c(C4C=Cc5ccccc5C4)c4c(c3C3C=Cc5ccccc5C3)CCC(N(c3ccccc3)c3cccc(OC)c3)=C4)CC2)C1. The predicted octanol–water partition coefficient (Wildman–Crippen LogP) is 14.2. The summed E-state index contributed by atoms with van der Waals surface area (Å²) in [6.45, 7) is 0. The molecule has 3 unspecified atom stereocenters. The van der Waals surface area contributed by atoms with Crippen LogP contribution >= 0.6 is 0 Å². The van der Waals surface area contributed by atoms with E-state index in [-0.39, 0.29) is 17.9 Å². The van der Waals surface area contributed by atoms with Gasteiger partial charge in [0.15, 0.2) is 0 Å². The third-order valence-electron chi connectivity index (χ3n) is 14.3. The number of rotatable bonds is 10. The molecule has 0 saturated carbocycles. The van der Waals surface area contributed by atoms with Crippen LogP contribution < -0.4 is 9.64 Å². The maximum absolute atomic E-state index is 5.89. The van der Waals surface area contributed by atoms with Crippen molar-refractivity contribution in [2.45, 2.75) is 75.7 Å². The molecule has 6 aliphatic carbocycles. The summed E-state index contributed by atoms with van der Waals surface area (Å²) in [6, 6.07) is 37.6. The van der Waals surface area contributed by atoms with Crippen molar-refractivity contribution in [1.82, 2.24) is 4.90 Å². The lowest BCUT2D eigenvalue weighted by molar-refractivity contribution is 0.245. The summed E-state index contributed by atoms with van der Waals surface area (Å²) in [4.78, 5) is 5.12. The lowest BCUT2D eigenvalue weighted by Crippen LogP contribution is -2.35. The van der Waals surface area contributed by atoms with Crippen LogP contribution in [0.4, 0.5) is 11.4 Å². The number of allylic oxidation sites excluding steroid dienone is 9. The standard InChI is InChI=1S/C60H56N2O2/c1-63-53-25-13-23-49(37-53)61(47-19-5-3-6-20-47)51-31-33-55-57(39-51)59(45-29-27-41-15-9-11-17-43(41)35-45)56-34-32-52(40-58(56)60(55)46-30-28-42-16-10-12-18-44(42)36-46)62(48-21-7-4-8-22-48)50-24-14-26-54(38-50)64-2/h3,5-7,9-30,37,39-40,45-46,50H,4,8,31-36,38H2,1-2H3. The molecule has 318 valence electrons. The number of ether oxygens (including phenoxy) is 2. The van der Waals surface area contributed by atoms with Gasteiger partial charge in [0, 0.05) is 52.8 Å². The molecule has 3 atom stereocenters. The molecule has 0 amide bonds. The first-order valence-electron chi connectivity index (χ1n) is 23.3. The van der Waals surface area contributed by atoms with Crippen LogP contribution in [-0.2, 0) is 30.4 Å². The zero-order chi connectivity index (χ0) is 43.0. The first-order chi connectivity index (χ1) is 31.6. The number of nitrogens with zero attached hydrogens (tertiary/aromatic N) is 2. The highest BCUT2D eigenvalue weighted by atomic mass is 16.5. The summed E-state index contributed by atoms with van der Waals surface area (Å²) in [7, 11) is 3.57. The second-order valence-corrected chi connectivity index (χ2v) is 18.0. The molecule has 0 bridgehead atoms. The van der Waals surface area contributed by atoms with Gasteiger partial charge < -0.3 is 19.3 Å². The Morgan fingerprint density at radius 1 is 0.562 bits per heavy atom. The Kier molecular flexibility index (Phi) is 10.9. The molecule has 6 aliphatic rings. The fraction of sp³-hybridized carbons (Fsp3) is 0.233. The van der Waals surface area contributed by atoms with Crippen molar-refractivity contribution in [2.24, 2.45) is 0 Å². The normalized spacial score (nSPS) is 20.4. The summed E-state index contributed by atoms with van der Waals surface area (Å²) in [5.41, 5.74) is 20.8. The minimum absolute atomic E-state index is 0.174. The summed E-state index contributed by atoms with van der Waals surface area (Å²) in [5, 5.41) is 0. The Balaban J connectivity index is 1.15. The molecule has 4 nitrogen and oxygen atoms in total. The summed E-state index contributed by atoms with van der Waals surface area (Å²) >= 11 is 0. The van der Waals surface area contributed by atoms with E-state index >= 15 is 0 Å². The molecular weight excluding hydrogens is 781 g/mol. The molecule has 64 heavy (non-hydrogen) atoms. The lowest BCUT2D eigenvalue weighted by Gasteiger charge is -2.41. The second-order valence-electron chi connectivity index (χ2n) is 18.0. The van der Waals surface area contributed by atoms with Crippen molar-refractivity contribution in [3.05, 3.63) is 230 Å². The maximum Gasteiger partial charge on any atom is 0.120 e. The molecule has 0 N–H and O–H groups in total. The van der Waals surface area contributed by atoms with Gasteiger partial charge in [0.05, 0.1) is 26.0 Å². The second kappa shape index (κ2) is 17.4. The van der Waals surface area contributed by atoms with E-state index < -0.39 is 0 Å². The highest BCUT2D eigenvalue weighted by molar-refractivity contribution is 5.82. The zero-order valence-electron chi connectivity index (χ0n) is 37.1. The minimum Gasteiger partial charge on any atom is -0.501 e. The number of fused-ring (bicyclic) bond motifs is 4. The van der Waals surface area contributed by atoms with E-state index in [0.717, 1.165) is 80.7 Å². The lowest BCUT2D eigenvalue weighted by atomic mass is 9.69. The fourth-order valence-electron chi connectivity index (χ4n) is 11.3. The first kappa shape index (κ1) is 40.0. The van der Waals surface area contributed by atoms with E-state index in [1.807, 2.05) is 13.2 Å². The van der Waals surface area contributed by atoms with Crippen LogP contribution in [-0.4, -0.2) is 25.2 Å². The van der Waals surface area contributed by atoms with Crippen LogP contribution in [0.5, 0.6) is 5.75 Å². The number of benzene rings is 5. The van der Waals surface area contributed by atoms with E-state index in [2.05, 4.69) is 180 Å². The molecule has 0 heterocycles. The molecule has 11 rings (SSSR count). The molecule has 0 aromatic heterocycles. The summed E-state index contributed by atoms with van der Waals surface area (Å²) in [6.07, 6.45) is 37.7. The number of hydrogen-bond donors (Lipinski definition) is 0. The Labute approximate surface area is 379 Å². The van der Waals surface area contributed by atoms with Gasteiger partial charge >= 0.3 is 0 Å². The maximum atomic E-state index is 5.89. The Morgan fingerprint density at radius 2 is 1.20 bits per heavy atom. The first-order valence-corrected chi connectivity index (χ1v) is 23.3. The molecule has 4 heteroatoms. The minimum atomic E-state index is 0.174. The van der Waals surface area contributed by atoms with Crippen LogP contribution in [0.15, 0.2) is 175 Å². The van der Waals surface area contributed by atoms with Crippen LogP contribution in [0.25, 0.3) is 24.3 Å². The van der Waals surface area contributed by atoms with Gasteiger partial charge in [-0.2, -0.15) is 0 Å². The van der Waals surface area contributed by atoms with Gasteiger partial charge in [0.2, 0.25) is 0 Å². The topological polar surface area (TPSA) is 24.9 Å². The summed E-state index contributed by atoms with van der Waals surface area (Å²) < 4.78 is 11.7. The number of methoxy groups -OCH3 is 2. The summed E-state index contributed by atoms with van der Waals surface area (Å²) in [5.74, 6) is 2.39. The van der Waals surface area contributed by atoms with Crippen molar-refractivity contribution in [3.8, 4) is 5.75 Å². The smallest absolute Gasteiger partial charge is 0.120 e. The molecule has 0 spiro atoms. The van der Waals surface area contributed by atoms with Crippen LogP contribution in [0, 0.1) is 0 Å². The van der Waals surface area contributed by atoms with Crippen LogP contribution in [0.2, 0.25) is 0 Å². The largest absolute Gasteiger partial charge is 0.501 e. The van der Waals surface area contributed by atoms with E-state index in [1.165, 1.54) is 72.7 Å². The molecule has 0 radical (unpaired) electrons.